The molecular formula is C13H19NO. The van der Waals surface area contributed by atoms with Gasteiger partial charge in [0.25, 0.3) is 0 Å². The zero-order chi connectivity index (χ0) is 10.8. The fourth-order valence-corrected chi connectivity index (χ4v) is 1.93. The van der Waals surface area contributed by atoms with Crippen molar-refractivity contribution in [3.63, 3.8) is 0 Å². The highest BCUT2D eigenvalue weighted by Crippen LogP contribution is 2.33. The van der Waals surface area contributed by atoms with E-state index >= 15 is 0 Å². The minimum atomic E-state index is 0.370. The van der Waals surface area contributed by atoms with Gasteiger partial charge in [0.15, 0.2) is 0 Å². The van der Waals surface area contributed by atoms with E-state index < -0.39 is 0 Å². The quantitative estimate of drug-likeness (QED) is 0.819. The summed E-state index contributed by atoms with van der Waals surface area (Å²) < 4.78 is 5.65. The molecule has 2 heteroatoms. The molecule has 0 bridgehead atoms. The van der Waals surface area contributed by atoms with Crippen LogP contribution < -0.4 is 10.1 Å². The number of hydrogen-bond acceptors (Lipinski definition) is 2. The van der Waals surface area contributed by atoms with Crippen LogP contribution in [0, 0.1) is 6.92 Å². The van der Waals surface area contributed by atoms with E-state index in [2.05, 4.69) is 44.3 Å². The van der Waals surface area contributed by atoms with E-state index in [0.29, 0.717) is 12.1 Å². The largest absolute Gasteiger partial charge is 0.491 e. The van der Waals surface area contributed by atoms with Gasteiger partial charge >= 0.3 is 0 Å². The van der Waals surface area contributed by atoms with Gasteiger partial charge in [0.1, 0.15) is 12.4 Å². The van der Waals surface area contributed by atoms with Gasteiger partial charge in [-0.1, -0.05) is 24.6 Å². The molecule has 1 heterocycles. The molecule has 2 atom stereocenters. The van der Waals surface area contributed by atoms with E-state index in [1.54, 1.807) is 0 Å². The van der Waals surface area contributed by atoms with E-state index in [4.69, 9.17) is 4.74 Å². The number of rotatable bonds is 3. The summed E-state index contributed by atoms with van der Waals surface area (Å²) in [6.45, 7) is 7.31. The molecule has 0 spiro atoms. The van der Waals surface area contributed by atoms with Crippen LogP contribution in [0.2, 0.25) is 0 Å². The third-order valence-corrected chi connectivity index (χ3v) is 3.04. The van der Waals surface area contributed by atoms with Crippen LogP contribution >= 0.6 is 0 Å². The third-order valence-electron chi connectivity index (χ3n) is 3.04. The summed E-state index contributed by atoms with van der Waals surface area (Å²) in [6.07, 6.45) is 1.15. The summed E-state index contributed by atoms with van der Waals surface area (Å²) in [7, 11) is 0. The first kappa shape index (κ1) is 10.5. The molecule has 82 valence electrons. The predicted octanol–water partition coefficient (Wildman–Crippen LogP) is 2.82. The Morgan fingerprint density at radius 2 is 2.33 bits per heavy atom. The molecule has 2 rings (SSSR count). The van der Waals surface area contributed by atoms with Gasteiger partial charge in [0.2, 0.25) is 0 Å². The zero-order valence-corrected chi connectivity index (χ0v) is 9.71. The van der Waals surface area contributed by atoms with Crippen LogP contribution in [-0.4, -0.2) is 12.6 Å². The Labute approximate surface area is 91.6 Å². The lowest BCUT2D eigenvalue weighted by molar-refractivity contribution is 0.298. The summed E-state index contributed by atoms with van der Waals surface area (Å²) in [4.78, 5) is 0. The fraction of sp³-hybridized carbons (Fsp3) is 0.538. The van der Waals surface area contributed by atoms with E-state index in [1.165, 1.54) is 11.1 Å². The van der Waals surface area contributed by atoms with Crippen molar-refractivity contribution in [3.8, 4) is 5.75 Å². The third kappa shape index (κ3) is 2.15. The van der Waals surface area contributed by atoms with Crippen molar-refractivity contribution in [2.45, 2.75) is 39.3 Å². The number of aryl methyl sites for hydroxylation is 1. The topological polar surface area (TPSA) is 21.3 Å². The molecule has 0 saturated heterocycles. The number of nitrogens with one attached hydrogen (secondary N) is 1. The number of fused-ring (bicyclic) bond motifs is 1. The molecular weight excluding hydrogens is 186 g/mol. The summed E-state index contributed by atoms with van der Waals surface area (Å²) in [5, 5.41) is 3.59. The van der Waals surface area contributed by atoms with Crippen molar-refractivity contribution in [1.29, 1.82) is 0 Å². The minimum Gasteiger partial charge on any atom is -0.491 e. The molecule has 0 aliphatic carbocycles. The molecule has 2 unspecified atom stereocenters. The van der Waals surface area contributed by atoms with Crippen molar-refractivity contribution < 1.29 is 4.74 Å². The first-order valence-corrected chi connectivity index (χ1v) is 5.70. The van der Waals surface area contributed by atoms with Crippen LogP contribution in [0.5, 0.6) is 5.75 Å². The summed E-state index contributed by atoms with van der Waals surface area (Å²) in [6, 6.07) is 7.32. The van der Waals surface area contributed by atoms with Crippen LogP contribution in [0.1, 0.15) is 37.4 Å². The number of ether oxygens (including phenoxy) is 1. The van der Waals surface area contributed by atoms with E-state index in [1.807, 2.05) is 0 Å². The maximum atomic E-state index is 5.65. The lowest BCUT2D eigenvalue weighted by atomic mass is 10.0. The number of benzene rings is 1. The lowest BCUT2D eigenvalue weighted by Crippen LogP contribution is -2.30. The molecule has 0 amide bonds. The molecule has 0 fully saturated rings. The number of hydrogen-bond donors (Lipinski definition) is 1. The van der Waals surface area contributed by atoms with Gasteiger partial charge < -0.3 is 10.1 Å². The monoisotopic (exact) mass is 205 g/mol. The standard InChI is InChI=1S/C13H19NO/c1-4-10(3)14-12-8-15-13-6-5-9(2)7-11(12)13/h5-7,10,12,14H,4,8H2,1-3H3. The average molecular weight is 205 g/mol. The Morgan fingerprint density at radius 3 is 3.07 bits per heavy atom. The highest BCUT2D eigenvalue weighted by Gasteiger charge is 2.24. The van der Waals surface area contributed by atoms with Crippen molar-refractivity contribution in [1.82, 2.24) is 5.32 Å². The van der Waals surface area contributed by atoms with E-state index in [-0.39, 0.29) is 0 Å². The van der Waals surface area contributed by atoms with Gasteiger partial charge in [-0.25, -0.2) is 0 Å². The van der Waals surface area contributed by atoms with Crippen LogP contribution in [0.25, 0.3) is 0 Å². The zero-order valence-electron chi connectivity index (χ0n) is 9.71. The normalized spacial score (nSPS) is 20.9. The first-order valence-electron chi connectivity index (χ1n) is 5.70. The summed E-state index contributed by atoms with van der Waals surface area (Å²) in [5.41, 5.74) is 2.62. The minimum absolute atomic E-state index is 0.370. The summed E-state index contributed by atoms with van der Waals surface area (Å²) in [5.74, 6) is 1.04. The molecule has 1 aliphatic rings. The van der Waals surface area contributed by atoms with Crippen molar-refractivity contribution >= 4 is 0 Å². The molecule has 1 aliphatic heterocycles. The van der Waals surface area contributed by atoms with Crippen LogP contribution in [0.15, 0.2) is 18.2 Å². The van der Waals surface area contributed by atoms with Crippen LogP contribution in [0.3, 0.4) is 0 Å². The van der Waals surface area contributed by atoms with Crippen molar-refractivity contribution in [3.05, 3.63) is 29.3 Å². The van der Waals surface area contributed by atoms with E-state index in [0.717, 1.165) is 18.8 Å². The van der Waals surface area contributed by atoms with Gasteiger partial charge in [-0.3, -0.25) is 0 Å². The Balaban J connectivity index is 2.16. The van der Waals surface area contributed by atoms with Crippen LogP contribution in [-0.2, 0) is 0 Å². The maximum Gasteiger partial charge on any atom is 0.124 e. The first-order chi connectivity index (χ1) is 7.20. The molecule has 0 radical (unpaired) electrons. The Morgan fingerprint density at radius 1 is 1.53 bits per heavy atom. The van der Waals surface area contributed by atoms with Gasteiger partial charge in [0.05, 0.1) is 6.04 Å². The van der Waals surface area contributed by atoms with Gasteiger partial charge in [0, 0.05) is 11.6 Å². The molecule has 0 saturated carbocycles. The highest BCUT2D eigenvalue weighted by molar-refractivity contribution is 5.42. The Kier molecular flexibility index (Phi) is 2.96. The average Bonchev–Trinajstić information content (AvgIpc) is 2.61. The predicted molar refractivity (Wildman–Crippen MR) is 62.3 cm³/mol. The summed E-state index contributed by atoms with van der Waals surface area (Å²) >= 11 is 0. The highest BCUT2D eigenvalue weighted by atomic mass is 16.5. The second-order valence-electron chi connectivity index (χ2n) is 4.38. The molecule has 1 aromatic rings. The molecule has 1 N–H and O–H groups in total. The SMILES string of the molecule is CCC(C)NC1COc2ccc(C)cc21. The maximum absolute atomic E-state index is 5.65. The van der Waals surface area contributed by atoms with Gasteiger partial charge in [-0.15, -0.1) is 0 Å². The molecule has 1 aromatic carbocycles. The van der Waals surface area contributed by atoms with Crippen molar-refractivity contribution in [2.75, 3.05) is 6.61 Å². The van der Waals surface area contributed by atoms with E-state index in [9.17, 15) is 0 Å². The fourth-order valence-electron chi connectivity index (χ4n) is 1.93. The molecule has 15 heavy (non-hydrogen) atoms. The second-order valence-corrected chi connectivity index (χ2v) is 4.38. The Hall–Kier alpha value is -1.02. The second kappa shape index (κ2) is 4.23. The Bertz CT molecular complexity index is 348. The lowest BCUT2D eigenvalue weighted by Gasteiger charge is -2.17. The smallest absolute Gasteiger partial charge is 0.124 e. The molecule has 2 nitrogen and oxygen atoms in total. The molecule has 0 aromatic heterocycles. The van der Waals surface area contributed by atoms with Crippen LogP contribution in [0.4, 0.5) is 0 Å². The van der Waals surface area contributed by atoms with Gasteiger partial charge in [-0.05, 0) is 26.3 Å². The van der Waals surface area contributed by atoms with Gasteiger partial charge in [-0.2, -0.15) is 0 Å². The van der Waals surface area contributed by atoms with Crippen molar-refractivity contribution in [2.24, 2.45) is 0 Å².